The van der Waals surface area contributed by atoms with Gasteiger partial charge in [-0.15, -0.1) is 0 Å². The van der Waals surface area contributed by atoms with Crippen molar-refractivity contribution in [3.63, 3.8) is 0 Å². The second-order valence-electron chi connectivity index (χ2n) is 5.38. The minimum absolute atomic E-state index is 0.0349. The van der Waals surface area contributed by atoms with Gasteiger partial charge in [0.05, 0.1) is 0 Å². The molecular weight excluding hydrogens is 262 g/mol. The Morgan fingerprint density at radius 3 is 2.47 bits per heavy atom. The maximum atomic E-state index is 11.9. The molecule has 0 saturated heterocycles. The molecule has 19 heavy (non-hydrogen) atoms. The summed E-state index contributed by atoms with van der Waals surface area (Å²) in [7, 11) is 0. The van der Waals surface area contributed by atoms with Crippen LogP contribution in [-0.2, 0) is 4.79 Å². The van der Waals surface area contributed by atoms with E-state index in [0.717, 1.165) is 5.56 Å². The number of carbonyl (C=O) groups is 1. The third-order valence-electron chi connectivity index (χ3n) is 2.77. The Balaban J connectivity index is 2.64. The highest BCUT2D eigenvalue weighted by Crippen LogP contribution is 2.14. The van der Waals surface area contributed by atoms with Gasteiger partial charge in [0.25, 0.3) is 0 Å². The number of aliphatic hydroxyl groups excluding tert-OH is 1. The third-order valence-corrected chi connectivity index (χ3v) is 3.02. The van der Waals surface area contributed by atoms with Crippen molar-refractivity contribution < 1.29 is 9.90 Å². The lowest BCUT2D eigenvalue weighted by Crippen LogP contribution is -2.36. The first-order valence-corrected chi connectivity index (χ1v) is 6.55. The van der Waals surface area contributed by atoms with Gasteiger partial charge >= 0.3 is 0 Å². The first-order valence-electron chi connectivity index (χ1n) is 6.17. The molecule has 4 heteroatoms. The van der Waals surface area contributed by atoms with Gasteiger partial charge in [-0.1, -0.05) is 37.6 Å². The Morgan fingerprint density at radius 2 is 1.95 bits per heavy atom. The van der Waals surface area contributed by atoms with Gasteiger partial charge in [-0.05, 0) is 30.7 Å². The molecular formula is C15H20ClNO2. The Kier molecular flexibility index (Phi) is 5.58. The van der Waals surface area contributed by atoms with Crippen molar-refractivity contribution in [2.45, 2.75) is 20.8 Å². The van der Waals surface area contributed by atoms with E-state index in [4.69, 9.17) is 16.7 Å². The van der Waals surface area contributed by atoms with Crippen molar-refractivity contribution in [3.05, 3.63) is 40.4 Å². The zero-order chi connectivity index (χ0) is 14.5. The van der Waals surface area contributed by atoms with Crippen LogP contribution in [0.3, 0.4) is 0 Å². The van der Waals surface area contributed by atoms with Crippen LogP contribution in [0, 0.1) is 5.41 Å². The van der Waals surface area contributed by atoms with Crippen molar-refractivity contribution in [2.24, 2.45) is 5.41 Å². The highest BCUT2D eigenvalue weighted by atomic mass is 35.5. The Bertz CT molecular complexity index is 464. The van der Waals surface area contributed by atoms with Crippen molar-refractivity contribution in [2.75, 3.05) is 13.2 Å². The quantitative estimate of drug-likeness (QED) is 0.816. The van der Waals surface area contributed by atoms with Crippen molar-refractivity contribution in [3.8, 4) is 0 Å². The van der Waals surface area contributed by atoms with Gasteiger partial charge in [0.1, 0.15) is 0 Å². The van der Waals surface area contributed by atoms with Crippen LogP contribution in [0.2, 0.25) is 5.02 Å². The second kappa shape index (κ2) is 6.73. The number of rotatable bonds is 5. The first-order chi connectivity index (χ1) is 8.84. The minimum Gasteiger partial charge on any atom is -0.396 e. The van der Waals surface area contributed by atoms with E-state index >= 15 is 0 Å². The molecule has 1 rings (SSSR count). The number of benzene rings is 1. The van der Waals surface area contributed by atoms with Crippen LogP contribution >= 0.6 is 11.6 Å². The normalized spacial score (nSPS) is 12.4. The predicted molar refractivity (Wildman–Crippen MR) is 79.0 cm³/mol. The van der Waals surface area contributed by atoms with E-state index in [0.29, 0.717) is 17.1 Å². The molecule has 2 N–H and O–H groups in total. The van der Waals surface area contributed by atoms with E-state index in [9.17, 15) is 4.79 Å². The number of hydrogen-bond donors (Lipinski definition) is 2. The lowest BCUT2D eigenvalue weighted by molar-refractivity contribution is -0.117. The van der Waals surface area contributed by atoms with E-state index in [1.807, 2.05) is 26.0 Å². The summed E-state index contributed by atoms with van der Waals surface area (Å²) < 4.78 is 0. The van der Waals surface area contributed by atoms with Crippen LogP contribution in [0.5, 0.6) is 0 Å². The van der Waals surface area contributed by atoms with Crippen LogP contribution < -0.4 is 5.32 Å². The third kappa shape index (κ3) is 5.45. The Hall–Kier alpha value is -1.32. The molecule has 0 aliphatic heterocycles. The molecule has 0 fully saturated rings. The fraction of sp³-hybridized carbons (Fsp3) is 0.400. The second-order valence-corrected chi connectivity index (χ2v) is 5.82. The largest absolute Gasteiger partial charge is 0.396 e. The summed E-state index contributed by atoms with van der Waals surface area (Å²) in [5, 5.41) is 12.6. The van der Waals surface area contributed by atoms with E-state index in [2.05, 4.69) is 5.32 Å². The number of halogens is 1. The SMILES string of the molecule is C/C(=C/c1ccc(Cl)cc1)C(=O)NCC(C)(C)CO. The van der Waals surface area contributed by atoms with E-state index < -0.39 is 0 Å². The van der Waals surface area contributed by atoms with E-state index in [-0.39, 0.29) is 17.9 Å². The number of aliphatic hydroxyl groups is 1. The topological polar surface area (TPSA) is 49.3 Å². The molecule has 0 spiro atoms. The summed E-state index contributed by atoms with van der Waals surface area (Å²) in [5.74, 6) is -0.128. The molecule has 0 saturated carbocycles. The summed E-state index contributed by atoms with van der Waals surface area (Å²) in [6, 6.07) is 7.29. The molecule has 1 aromatic carbocycles. The zero-order valence-corrected chi connectivity index (χ0v) is 12.3. The number of carbonyl (C=O) groups excluding carboxylic acids is 1. The lowest BCUT2D eigenvalue weighted by Gasteiger charge is -2.21. The molecule has 0 radical (unpaired) electrons. The molecule has 0 bridgehead atoms. The standard InChI is InChI=1S/C15H20ClNO2/c1-11(8-12-4-6-13(16)7-5-12)14(19)17-9-15(2,3)10-18/h4-8,18H,9-10H2,1-3H3,(H,17,19)/b11-8-. The number of hydrogen-bond acceptors (Lipinski definition) is 2. The minimum atomic E-state index is -0.309. The maximum absolute atomic E-state index is 11.9. The molecule has 1 amide bonds. The van der Waals surface area contributed by atoms with Gasteiger partial charge in [0, 0.05) is 29.2 Å². The summed E-state index contributed by atoms with van der Waals surface area (Å²) in [4.78, 5) is 11.9. The predicted octanol–water partition coefficient (Wildman–Crippen LogP) is 2.88. The van der Waals surface area contributed by atoms with Crippen LogP contribution in [0.4, 0.5) is 0 Å². The van der Waals surface area contributed by atoms with Gasteiger partial charge in [-0.25, -0.2) is 0 Å². The maximum Gasteiger partial charge on any atom is 0.246 e. The molecule has 0 aliphatic rings. The van der Waals surface area contributed by atoms with Crippen LogP contribution in [-0.4, -0.2) is 24.2 Å². The number of nitrogens with one attached hydrogen (secondary N) is 1. The monoisotopic (exact) mass is 281 g/mol. The van der Waals surface area contributed by atoms with Crippen molar-refractivity contribution >= 4 is 23.6 Å². The van der Waals surface area contributed by atoms with Crippen molar-refractivity contribution in [1.82, 2.24) is 5.32 Å². The van der Waals surface area contributed by atoms with Gasteiger partial charge in [0.2, 0.25) is 5.91 Å². The van der Waals surface area contributed by atoms with Gasteiger partial charge in [-0.3, -0.25) is 4.79 Å². The molecule has 3 nitrogen and oxygen atoms in total. The summed E-state index contributed by atoms with van der Waals surface area (Å²) in [5.41, 5.74) is 1.24. The zero-order valence-electron chi connectivity index (χ0n) is 11.5. The van der Waals surface area contributed by atoms with E-state index in [1.54, 1.807) is 25.1 Å². The summed E-state index contributed by atoms with van der Waals surface area (Å²) in [6.45, 7) is 6.02. The molecule has 1 aromatic rings. The average Bonchev–Trinajstić information content (AvgIpc) is 2.38. The summed E-state index contributed by atoms with van der Waals surface area (Å²) in [6.07, 6.45) is 1.80. The smallest absolute Gasteiger partial charge is 0.246 e. The molecule has 0 atom stereocenters. The van der Waals surface area contributed by atoms with Crippen molar-refractivity contribution in [1.29, 1.82) is 0 Å². The van der Waals surface area contributed by atoms with Crippen LogP contribution in [0.25, 0.3) is 6.08 Å². The Morgan fingerprint density at radius 1 is 1.37 bits per heavy atom. The number of amides is 1. The van der Waals surface area contributed by atoms with E-state index in [1.165, 1.54) is 0 Å². The van der Waals surface area contributed by atoms with Crippen LogP contribution in [0.15, 0.2) is 29.8 Å². The fourth-order valence-electron chi connectivity index (χ4n) is 1.39. The van der Waals surface area contributed by atoms with Gasteiger partial charge in [0.15, 0.2) is 0 Å². The first kappa shape index (κ1) is 15.7. The lowest BCUT2D eigenvalue weighted by atomic mass is 9.95. The van der Waals surface area contributed by atoms with Gasteiger partial charge in [-0.2, -0.15) is 0 Å². The van der Waals surface area contributed by atoms with Crippen LogP contribution in [0.1, 0.15) is 26.3 Å². The average molecular weight is 282 g/mol. The molecule has 0 unspecified atom stereocenters. The Labute approximate surface area is 119 Å². The molecule has 0 aliphatic carbocycles. The highest BCUT2D eigenvalue weighted by molar-refractivity contribution is 6.30. The fourth-order valence-corrected chi connectivity index (χ4v) is 1.52. The summed E-state index contributed by atoms with van der Waals surface area (Å²) >= 11 is 5.80. The van der Waals surface area contributed by atoms with Gasteiger partial charge < -0.3 is 10.4 Å². The molecule has 0 aromatic heterocycles. The molecule has 104 valence electrons. The molecule has 0 heterocycles. The highest BCUT2D eigenvalue weighted by Gasteiger charge is 2.17.